The Kier molecular flexibility index (Phi) is 6.29. The lowest BCUT2D eigenvalue weighted by atomic mass is 10.1. The van der Waals surface area contributed by atoms with Gasteiger partial charge in [0.05, 0.1) is 21.3 Å². The van der Waals surface area contributed by atoms with E-state index >= 15 is 0 Å². The van der Waals surface area contributed by atoms with Gasteiger partial charge in [0.25, 0.3) is 0 Å². The third-order valence-corrected chi connectivity index (χ3v) is 4.47. The van der Waals surface area contributed by atoms with E-state index in [0.717, 1.165) is 11.3 Å². The number of aromatic carboxylic acids is 1. The van der Waals surface area contributed by atoms with E-state index in [0.29, 0.717) is 15.6 Å². The molecule has 0 radical (unpaired) electrons. The van der Waals surface area contributed by atoms with Crippen LogP contribution < -0.4 is 10.2 Å². The molecular formula is C19H18Cl2N2O3. The van der Waals surface area contributed by atoms with Crippen LogP contribution in [-0.4, -0.2) is 31.1 Å². The number of carbonyl (C=O) groups excluding carboxylic acids is 1. The van der Waals surface area contributed by atoms with Crippen molar-refractivity contribution in [1.29, 1.82) is 0 Å². The van der Waals surface area contributed by atoms with Gasteiger partial charge in [-0.25, -0.2) is 4.79 Å². The Balaban J connectivity index is 2.26. The number of rotatable bonds is 5. The first-order chi connectivity index (χ1) is 12.2. The van der Waals surface area contributed by atoms with E-state index < -0.39 is 11.9 Å². The summed E-state index contributed by atoms with van der Waals surface area (Å²) in [5.41, 5.74) is 2.39. The number of halogens is 2. The average molecular weight is 393 g/mol. The molecule has 0 spiro atoms. The second-order valence-corrected chi connectivity index (χ2v) is 6.69. The lowest BCUT2D eigenvalue weighted by Crippen LogP contribution is -2.14. The van der Waals surface area contributed by atoms with Gasteiger partial charge in [-0.15, -0.1) is 0 Å². The number of hydrogen-bond acceptors (Lipinski definition) is 3. The number of allylic oxidation sites excluding steroid dienone is 1. The fourth-order valence-electron chi connectivity index (χ4n) is 2.29. The number of carboxylic acids is 1. The lowest BCUT2D eigenvalue weighted by Gasteiger charge is -2.15. The van der Waals surface area contributed by atoms with Crippen molar-refractivity contribution in [2.75, 3.05) is 24.3 Å². The van der Waals surface area contributed by atoms with Crippen LogP contribution in [-0.2, 0) is 4.79 Å². The Morgan fingerprint density at radius 2 is 1.77 bits per heavy atom. The first kappa shape index (κ1) is 19.8. The van der Waals surface area contributed by atoms with Crippen LogP contribution >= 0.6 is 23.2 Å². The van der Waals surface area contributed by atoms with Gasteiger partial charge in [-0.3, -0.25) is 4.79 Å². The van der Waals surface area contributed by atoms with Gasteiger partial charge < -0.3 is 15.3 Å². The Bertz CT molecular complexity index is 892. The van der Waals surface area contributed by atoms with Gasteiger partial charge in [0.2, 0.25) is 5.91 Å². The van der Waals surface area contributed by atoms with Gasteiger partial charge in [-0.05, 0) is 48.4 Å². The topological polar surface area (TPSA) is 69.6 Å². The average Bonchev–Trinajstić information content (AvgIpc) is 2.57. The minimum absolute atomic E-state index is 0.0186. The second kappa shape index (κ2) is 8.25. The maximum Gasteiger partial charge on any atom is 0.337 e. The summed E-state index contributed by atoms with van der Waals surface area (Å²) in [5.74, 6) is -1.55. The lowest BCUT2D eigenvalue weighted by molar-refractivity contribution is -0.111. The van der Waals surface area contributed by atoms with Gasteiger partial charge in [0, 0.05) is 25.9 Å². The molecule has 0 bridgehead atoms. The van der Waals surface area contributed by atoms with Gasteiger partial charge in [-0.1, -0.05) is 29.3 Å². The Labute approximate surface area is 161 Å². The van der Waals surface area contributed by atoms with Crippen LogP contribution in [0.25, 0.3) is 5.57 Å². The van der Waals surface area contributed by atoms with E-state index in [1.54, 1.807) is 42.2 Å². The number of hydrogen-bond donors (Lipinski definition) is 2. The van der Waals surface area contributed by atoms with Crippen LogP contribution in [0.5, 0.6) is 0 Å². The quantitative estimate of drug-likeness (QED) is 0.716. The normalized spacial score (nSPS) is 11.2. The van der Waals surface area contributed by atoms with Gasteiger partial charge in [-0.2, -0.15) is 0 Å². The molecular weight excluding hydrogens is 375 g/mol. The molecule has 0 atom stereocenters. The molecule has 26 heavy (non-hydrogen) atoms. The largest absolute Gasteiger partial charge is 0.478 e. The molecule has 0 unspecified atom stereocenters. The number of nitrogens with one attached hydrogen (secondary N) is 1. The molecule has 0 aromatic heterocycles. The predicted molar refractivity (Wildman–Crippen MR) is 106 cm³/mol. The summed E-state index contributed by atoms with van der Waals surface area (Å²) < 4.78 is 0. The van der Waals surface area contributed by atoms with E-state index in [2.05, 4.69) is 5.32 Å². The molecule has 2 N–H and O–H groups in total. The van der Waals surface area contributed by atoms with Gasteiger partial charge >= 0.3 is 5.97 Å². The van der Waals surface area contributed by atoms with Crippen molar-refractivity contribution in [3.8, 4) is 0 Å². The van der Waals surface area contributed by atoms with Crippen molar-refractivity contribution in [2.24, 2.45) is 0 Å². The molecule has 7 heteroatoms. The fourth-order valence-corrected chi connectivity index (χ4v) is 2.58. The summed E-state index contributed by atoms with van der Waals surface area (Å²) >= 11 is 11.9. The van der Waals surface area contributed by atoms with Gasteiger partial charge in [0.1, 0.15) is 0 Å². The molecule has 5 nitrogen and oxygen atoms in total. The van der Waals surface area contributed by atoms with Crippen LogP contribution in [0.2, 0.25) is 10.0 Å². The highest BCUT2D eigenvalue weighted by Gasteiger charge is 2.14. The highest BCUT2D eigenvalue weighted by Crippen LogP contribution is 2.26. The Morgan fingerprint density at radius 3 is 2.35 bits per heavy atom. The Morgan fingerprint density at radius 1 is 1.08 bits per heavy atom. The number of benzene rings is 2. The van der Waals surface area contributed by atoms with Crippen LogP contribution in [0, 0.1) is 0 Å². The molecule has 2 aromatic rings. The van der Waals surface area contributed by atoms with Gasteiger partial charge in [0.15, 0.2) is 0 Å². The van der Waals surface area contributed by atoms with Crippen molar-refractivity contribution in [1.82, 2.24) is 0 Å². The first-order valence-electron chi connectivity index (χ1n) is 7.68. The van der Waals surface area contributed by atoms with Crippen molar-refractivity contribution in [2.45, 2.75) is 6.92 Å². The van der Waals surface area contributed by atoms with E-state index in [9.17, 15) is 14.7 Å². The smallest absolute Gasteiger partial charge is 0.337 e. The number of amides is 1. The van der Waals surface area contributed by atoms with Crippen molar-refractivity contribution >= 4 is 52.0 Å². The zero-order valence-corrected chi connectivity index (χ0v) is 16.0. The standard InChI is InChI=1S/C19H18Cl2N2O3/c1-11(12-4-6-15(20)16(21)9-12)8-18(24)22-17-7-5-13(23(2)3)10-14(17)19(25)26/h4-10H,1-3H3,(H,22,24)(H,25,26)/b11-8-. The highest BCUT2D eigenvalue weighted by atomic mass is 35.5. The summed E-state index contributed by atoms with van der Waals surface area (Å²) in [5, 5.41) is 12.8. The minimum atomic E-state index is -1.12. The summed E-state index contributed by atoms with van der Waals surface area (Å²) in [6, 6.07) is 9.88. The molecule has 1 amide bonds. The molecule has 0 saturated carbocycles. The van der Waals surface area contributed by atoms with Crippen molar-refractivity contribution in [3.63, 3.8) is 0 Å². The fraction of sp³-hybridized carbons (Fsp3) is 0.158. The molecule has 2 rings (SSSR count). The third kappa shape index (κ3) is 4.77. The molecule has 2 aromatic carbocycles. The second-order valence-electron chi connectivity index (χ2n) is 5.87. The van der Waals surface area contributed by atoms with E-state index in [1.165, 1.54) is 12.1 Å². The maximum atomic E-state index is 12.3. The maximum absolute atomic E-state index is 12.3. The van der Waals surface area contributed by atoms with Crippen LogP contribution in [0.1, 0.15) is 22.8 Å². The molecule has 0 aliphatic rings. The van der Waals surface area contributed by atoms with E-state index in [1.807, 2.05) is 14.1 Å². The van der Waals surface area contributed by atoms with E-state index in [4.69, 9.17) is 23.2 Å². The summed E-state index contributed by atoms with van der Waals surface area (Å²) in [4.78, 5) is 25.6. The summed E-state index contributed by atoms with van der Waals surface area (Å²) in [6.07, 6.45) is 1.38. The van der Waals surface area contributed by atoms with Crippen LogP contribution in [0.3, 0.4) is 0 Å². The molecule has 0 fully saturated rings. The number of anilines is 2. The van der Waals surface area contributed by atoms with Crippen molar-refractivity contribution in [3.05, 3.63) is 63.6 Å². The highest BCUT2D eigenvalue weighted by molar-refractivity contribution is 6.42. The van der Waals surface area contributed by atoms with Crippen LogP contribution in [0.15, 0.2) is 42.5 Å². The minimum Gasteiger partial charge on any atom is -0.478 e. The molecule has 0 aliphatic heterocycles. The third-order valence-electron chi connectivity index (χ3n) is 3.73. The number of carboxylic acid groups (broad SMARTS) is 1. The summed E-state index contributed by atoms with van der Waals surface area (Å²) in [7, 11) is 3.62. The molecule has 136 valence electrons. The van der Waals surface area contributed by atoms with Crippen LogP contribution in [0.4, 0.5) is 11.4 Å². The molecule has 0 heterocycles. The predicted octanol–water partition coefficient (Wildman–Crippen LogP) is 4.80. The van der Waals surface area contributed by atoms with E-state index in [-0.39, 0.29) is 11.3 Å². The van der Waals surface area contributed by atoms with Crippen molar-refractivity contribution < 1.29 is 14.7 Å². The zero-order chi connectivity index (χ0) is 19.4. The Hall–Kier alpha value is -2.50. The molecule has 0 saturated heterocycles. The number of nitrogens with zero attached hydrogens (tertiary/aromatic N) is 1. The zero-order valence-electron chi connectivity index (χ0n) is 14.5. The monoisotopic (exact) mass is 392 g/mol. The first-order valence-corrected chi connectivity index (χ1v) is 8.44. The summed E-state index contributed by atoms with van der Waals surface area (Å²) in [6.45, 7) is 1.76. The SMILES string of the molecule is C/C(=C/C(=O)Nc1ccc(N(C)C)cc1C(=O)O)c1ccc(Cl)c(Cl)c1. The molecule has 0 aliphatic carbocycles. The number of carbonyl (C=O) groups is 2.